The number of methoxy groups -OCH3 is 2. The number of anilines is 1. The molecule has 0 aliphatic rings. The topological polar surface area (TPSA) is 107 Å². The molecule has 0 fully saturated rings. The molecule has 0 aliphatic heterocycles. The number of hydrogen-bond donors (Lipinski definition) is 2. The van der Waals surface area contributed by atoms with E-state index in [-0.39, 0.29) is 18.4 Å². The van der Waals surface area contributed by atoms with Gasteiger partial charge in [-0.2, -0.15) is 0 Å². The average Bonchev–Trinajstić information content (AvgIpc) is 3.34. The zero-order valence-corrected chi connectivity index (χ0v) is 18.1. The second kappa shape index (κ2) is 10.6. The highest BCUT2D eigenvalue weighted by Gasteiger charge is 2.19. The second-order valence-corrected chi connectivity index (χ2v) is 7.39. The first-order chi connectivity index (χ1) is 15.1. The molecular formula is C22H24N4O4S. The van der Waals surface area contributed by atoms with Gasteiger partial charge in [-0.1, -0.05) is 12.1 Å². The van der Waals surface area contributed by atoms with Gasteiger partial charge in [0, 0.05) is 42.3 Å². The molecule has 1 aromatic heterocycles. The predicted molar refractivity (Wildman–Crippen MR) is 120 cm³/mol. The van der Waals surface area contributed by atoms with E-state index in [2.05, 4.69) is 10.3 Å². The lowest BCUT2D eigenvalue weighted by molar-refractivity contribution is 0.0949. The van der Waals surface area contributed by atoms with Gasteiger partial charge >= 0.3 is 0 Å². The van der Waals surface area contributed by atoms with Crippen molar-refractivity contribution >= 4 is 28.3 Å². The molecule has 8 nitrogen and oxygen atoms in total. The summed E-state index contributed by atoms with van der Waals surface area (Å²) in [5.74, 6) is 0.580. The summed E-state index contributed by atoms with van der Waals surface area (Å²) in [5, 5.41) is 5.27. The van der Waals surface area contributed by atoms with Crippen molar-refractivity contribution in [3.05, 3.63) is 70.7 Å². The SMILES string of the molecule is COc1ccc(C(=O)NCc2cccc(C(=O)N(CCN)c3nccs3)c2)cc1OC. The molecule has 162 valence electrons. The molecule has 0 atom stereocenters. The molecule has 0 saturated carbocycles. The fourth-order valence-corrected chi connectivity index (χ4v) is 3.66. The van der Waals surface area contributed by atoms with Crippen molar-refractivity contribution in [2.75, 3.05) is 32.2 Å². The van der Waals surface area contributed by atoms with Crippen LogP contribution in [0.5, 0.6) is 11.5 Å². The van der Waals surface area contributed by atoms with Gasteiger partial charge in [-0.25, -0.2) is 4.98 Å². The number of carbonyl (C=O) groups is 2. The summed E-state index contributed by atoms with van der Waals surface area (Å²) in [6.45, 7) is 0.960. The fraction of sp³-hybridized carbons (Fsp3) is 0.227. The Morgan fingerprint density at radius 2 is 1.90 bits per heavy atom. The quantitative estimate of drug-likeness (QED) is 0.530. The monoisotopic (exact) mass is 440 g/mol. The molecule has 0 radical (unpaired) electrons. The van der Waals surface area contributed by atoms with Crippen molar-refractivity contribution in [2.45, 2.75) is 6.54 Å². The van der Waals surface area contributed by atoms with E-state index in [4.69, 9.17) is 15.2 Å². The summed E-state index contributed by atoms with van der Waals surface area (Å²) < 4.78 is 10.4. The Balaban J connectivity index is 1.70. The molecule has 9 heteroatoms. The third-order valence-electron chi connectivity index (χ3n) is 4.52. The van der Waals surface area contributed by atoms with Crippen LogP contribution in [0, 0.1) is 0 Å². The van der Waals surface area contributed by atoms with Gasteiger partial charge in [0.05, 0.1) is 14.2 Å². The number of nitrogens with two attached hydrogens (primary N) is 1. The number of hydrogen-bond acceptors (Lipinski definition) is 7. The number of ether oxygens (including phenoxy) is 2. The molecule has 31 heavy (non-hydrogen) atoms. The molecule has 3 aromatic rings. The summed E-state index contributed by atoms with van der Waals surface area (Å²) in [6.07, 6.45) is 1.65. The number of aromatic nitrogens is 1. The minimum atomic E-state index is -0.259. The molecule has 3 rings (SSSR count). The van der Waals surface area contributed by atoms with E-state index in [1.165, 1.54) is 25.6 Å². The Kier molecular flexibility index (Phi) is 7.58. The van der Waals surface area contributed by atoms with Gasteiger partial charge in [0.25, 0.3) is 11.8 Å². The summed E-state index contributed by atoms with van der Waals surface area (Å²) >= 11 is 1.38. The summed E-state index contributed by atoms with van der Waals surface area (Å²) in [4.78, 5) is 31.3. The van der Waals surface area contributed by atoms with Crippen LogP contribution in [-0.2, 0) is 6.54 Å². The third-order valence-corrected chi connectivity index (χ3v) is 5.32. The van der Waals surface area contributed by atoms with Crippen LogP contribution in [0.4, 0.5) is 5.13 Å². The van der Waals surface area contributed by atoms with Gasteiger partial charge < -0.3 is 20.5 Å². The van der Waals surface area contributed by atoms with Gasteiger partial charge in [0.1, 0.15) is 0 Å². The van der Waals surface area contributed by atoms with Gasteiger partial charge in [0.15, 0.2) is 16.6 Å². The minimum Gasteiger partial charge on any atom is -0.493 e. The van der Waals surface area contributed by atoms with Crippen molar-refractivity contribution in [1.29, 1.82) is 0 Å². The maximum atomic E-state index is 13.0. The highest BCUT2D eigenvalue weighted by atomic mass is 32.1. The smallest absolute Gasteiger partial charge is 0.260 e. The normalized spacial score (nSPS) is 10.4. The van der Waals surface area contributed by atoms with Crippen molar-refractivity contribution in [2.24, 2.45) is 5.73 Å². The maximum Gasteiger partial charge on any atom is 0.260 e. The van der Waals surface area contributed by atoms with E-state index < -0.39 is 0 Å². The summed E-state index contributed by atoms with van der Waals surface area (Å²) in [7, 11) is 3.05. The van der Waals surface area contributed by atoms with Crippen LogP contribution in [0.1, 0.15) is 26.3 Å². The lowest BCUT2D eigenvalue weighted by Crippen LogP contribution is -2.35. The van der Waals surface area contributed by atoms with Crippen molar-refractivity contribution in [3.8, 4) is 11.5 Å². The summed E-state index contributed by atoms with van der Waals surface area (Å²) in [6, 6.07) is 12.1. The molecule has 0 saturated heterocycles. The zero-order valence-electron chi connectivity index (χ0n) is 17.3. The number of nitrogens with zero attached hydrogens (tertiary/aromatic N) is 2. The highest BCUT2D eigenvalue weighted by molar-refractivity contribution is 7.13. The molecular weight excluding hydrogens is 416 g/mol. The second-order valence-electron chi connectivity index (χ2n) is 6.51. The van der Waals surface area contributed by atoms with Crippen molar-refractivity contribution < 1.29 is 19.1 Å². The van der Waals surface area contributed by atoms with E-state index in [1.807, 2.05) is 11.4 Å². The van der Waals surface area contributed by atoms with E-state index >= 15 is 0 Å². The number of benzene rings is 2. The third kappa shape index (κ3) is 5.39. The van der Waals surface area contributed by atoms with Crippen LogP contribution < -0.4 is 25.4 Å². The lowest BCUT2D eigenvalue weighted by atomic mass is 10.1. The van der Waals surface area contributed by atoms with Gasteiger partial charge in [-0.05, 0) is 35.9 Å². The lowest BCUT2D eigenvalue weighted by Gasteiger charge is -2.19. The number of nitrogens with one attached hydrogen (secondary N) is 1. The van der Waals surface area contributed by atoms with Crippen LogP contribution in [0.15, 0.2) is 54.0 Å². The first-order valence-electron chi connectivity index (χ1n) is 9.58. The Morgan fingerprint density at radius 3 is 2.58 bits per heavy atom. The molecule has 0 spiro atoms. The molecule has 3 N–H and O–H groups in total. The minimum absolute atomic E-state index is 0.187. The first-order valence-corrected chi connectivity index (χ1v) is 10.5. The highest BCUT2D eigenvalue weighted by Crippen LogP contribution is 2.27. The predicted octanol–water partition coefficient (Wildman–Crippen LogP) is 2.70. The van der Waals surface area contributed by atoms with Gasteiger partial charge in [-0.3, -0.25) is 14.5 Å². The summed E-state index contributed by atoms with van der Waals surface area (Å²) in [5.41, 5.74) is 7.42. The standard InChI is InChI=1S/C22H24N4O4S/c1-29-18-7-6-16(13-19(18)30-2)20(27)25-14-15-4-3-5-17(12-15)21(28)26(10-8-23)22-24-9-11-31-22/h3-7,9,11-13H,8,10,14,23H2,1-2H3,(H,25,27). The fourth-order valence-electron chi connectivity index (χ4n) is 2.99. The Bertz CT molecular complexity index is 1040. The van der Waals surface area contributed by atoms with Crippen LogP contribution in [0.3, 0.4) is 0 Å². The molecule has 2 aromatic carbocycles. The van der Waals surface area contributed by atoms with Crippen molar-refractivity contribution in [3.63, 3.8) is 0 Å². The molecule has 0 unspecified atom stereocenters. The molecule has 0 aliphatic carbocycles. The van der Waals surface area contributed by atoms with Crippen LogP contribution in [-0.4, -0.2) is 44.1 Å². The Hall–Kier alpha value is -3.43. The maximum absolute atomic E-state index is 13.0. The van der Waals surface area contributed by atoms with E-state index in [0.717, 1.165) is 5.56 Å². The van der Waals surface area contributed by atoms with E-state index in [1.54, 1.807) is 47.5 Å². The number of carbonyl (C=O) groups excluding carboxylic acids is 2. The first kappa shape index (κ1) is 22.3. The number of thiazole rings is 1. The Labute approximate surface area is 184 Å². The number of amides is 2. The molecule has 0 bridgehead atoms. The molecule has 2 amide bonds. The largest absolute Gasteiger partial charge is 0.493 e. The van der Waals surface area contributed by atoms with Crippen molar-refractivity contribution in [1.82, 2.24) is 10.3 Å². The van der Waals surface area contributed by atoms with E-state index in [9.17, 15) is 9.59 Å². The van der Waals surface area contributed by atoms with E-state index in [0.29, 0.717) is 40.8 Å². The van der Waals surface area contributed by atoms with Crippen LogP contribution >= 0.6 is 11.3 Å². The Morgan fingerprint density at radius 1 is 1.10 bits per heavy atom. The van der Waals surface area contributed by atoms with Gasteiger partial charge in [0.2, 0.25) is 0 Å². The van der Waals surface area contributed by atoms with Gasteiger partial charge in [-0.15, -0.1) is 11.3 Å². The molecule has 1 heterocycles. The average molecular weight is 441 g/mol. The van der Waals surface area contributed by atoms with Crippen LogP contribution in [0.2, 0.25) is 0 Å². The zero-order chi connectivity index (χ0) is 22.2. The number of rotatable bonds is 9. The van der Waals surface area contributed by atoms with Crippen LogP contribution in [0.25, 0.3) is 0 Å².